The van der Waals surface area contributed by atoms with Crippen molar-refractivity contribution in [2.45, 2.75) is 38.8 Å². The largest absolute Gasteiger partial charge is 0.399 e. The summed E-state index contributed by atoms with van der Waals surface area (Å²) in [4.78, 5) is 12.2. The molecule has 0 saturated carbocycles. The molecule has 0 unspecified atom stereocenters. The summed E-state index contributed by atoms with van der Waals surface area (Å²) in [5.74, 6) is 0.928. The Morgan fingerprint density at radius 1 is 1.26 bits per heavy atom. The Kier molecular flexibility index (Phi) is 3.11. The van der Waals surface area contributed by atoms with Gasteiger partial charge in [0.05, 0.1) is 6.54 Å². The van der Waals surface area contributed by atoms with E-state index in [2.05, 4.69) is 5.10 Å². The van der Waals surface area contributed by atoms with E-state index in [0.29, 0.717) is 6.54 Å². The van der Waals surface area contributed by atoms with Crippen molar-refractivity contribution in [2.75, 3.05) is 5.73 Å². The van der Waals surface area contributed by atoms with Gasteiger partial charge in [0.25, 0.3) is 0 Å². The van der Waals surface area contributed by atoms with E-state index in [0.717, 1.165) is 49.3 Å². The smallest absolute Gasteiger partial charge is 0.345 e. The van der Waals surface area contributed by atoms with Crippen LogP contribution in [0.3, 0.4) is 0 Å². The van der Waals surface area contributed by atoms with E-state index < -0.39 is 0 Å². The molecule has 100 valence electrons. The van der Waals surface area contributed by atoms with E-state index in [9.17, 15) is 4.79 Å². The summed E-state index contributed by atoms with van der Waals surface area (Å²) in [7, 11) is 0. The highest BCUT2D eigenvalue weighted by molar-refractivity contribution is 5.46. The van der Waals surface area contributed by atoms with Crippen LogP contribution in [0.25, 0.3) is 0 Å². The highest BCUT2D eigenvalue weighted by atomic mass is 16.2. The normalized spacial score (nSPS) is 14.3. The number of nitrogens with zero attached hydrogens (tertiary/aromatic N) is 3. The topological polar surface area (TPSA) is 65.8 Å². The number of aryl methyl sites for hydroxylation is 3. The highest BCUT2D eigenvalue weighted by Crippen LogP contribution is 2.12. The van der Waals surface area contributed by atoms with Crippen LogP contribution in [0.15, 0.2) is 29.1 Å². The second-order valence-corrected chi connectivity index (χ2v) is 4.98. The number of hydrogen-bond donors (Lipinski definition) is 1. The Morgan fingerprint density at radius 3 is 2.89 bits per heavy atom. The van der Waals surface area contributed by atoms with Crippen LogP contribution in [0.2, 0.25) is 0 Å². The third-order valence-corrected chi connectivity index (χ3v) is 3.68. The number of benzene rings is 1. The first-order valence-corrected chi connectivity index (χ1v) is 6.75. The first-order valence-electron chi connectivity index (χ1n) is 6.75. The number of anilines is 1. The maximum absolute atomic E-state index is 12.2. The molecule has 1 aromatic carbocycles. The molecule has 0 spiro atoms. The standard InChI is InChI=1S/C14H18N4O/c15-12-6-2-1-5-11(12)8-10-18-14(19)17-9-4-3-7-13(17)16-18/h1-2,5-6H,3-4,7-10,15H2. The molecule has 1 aliphatic heterocycles. The van der Waals surface area contributed by atoms with Crippen molar-refractivity contribution in [2.24, 2.45) is 0 Å². The molecular formula is C14H18N4O. The minimum atomic E-state index is 0.0178. The van der Waals surface area contributed by atoms with Crippen LogP contribution in [0.5, 0.6) is 0 Å². The molecule has 19 heavy (non-hydrogen) atoms. The molecule has 5 nitrogen and oxygen atoms in total. The van der Waals surface area contributed by atoms with E-state index in [4.69, 9.17) is 5.73 Å². The minimum Gasteiger partial charge on any atom is -0.399 e. The third kappa shape index (κ3) is 2.28. The van der Waals surface area contributed by atoms with Gasteiger partial charge in [-0.25, -0.2) is 9.48 Å². The van der Waals surface area contributed by atoms with E-state index in [1.165, 1.54) is 0 Å². The number of rotatable bonds is 3. The van der Waals surface area contributed by atoms with Gasteiger partial charge in [-0.2, -0.15) is 5.10 Å². The Labute approximate surface area is 111 Å². The van der Waals surface area contributed by atoms with E-state index in [1.54, 1.807) is 9.25 Å². The Hall–Kier alpha value is -2.04. The molecule has 0 aliphatic carbocycles. The number of aromatic nitrogens is 3. The zero-order valence-electron chi connectivity index (χ0n) is 10.9. The lowest BCUT2D eigenvalue weighted by Gasteiger charge is -2.09. The molecular weight excluding hydrogens is 240 g/mol. The predicted molar refractivity (Wildman–Crippen MR) is 74.0 cm³/mol. The second-order valence-electron chi connectivity index (χ2n) is 4.98. The van der Waals surface area contributed by atoms with Crippen LogP contribution in [-0.2, 0) is 25.9 Å². The quantitative estimate of drug-likeness (QED) is 0.841. The van der Waals surface area contributed by atoms with Crippen LogP contribution < -0.4 is 11.4 Å². The van der Waals surface area contributed by atoms with Crippen LogP contribution in [0, 0.1) is 0 Å². The van der Waals surface area contributed by atoms with E-state index in [1.807, 2.05) is 24.3 Å². The van der Waals surface area contributed by atoms with Gasteiger partial charge < -0.3 is 5.73 Å². The van der Waals surface area contributed by atoms with Crippen LogP contribution in [-0.4, -0.2) is 14.3 Å². The number of nitrogens with two attached hydrogens (primary N) is 1. The summed E-state index contributed by atoms with van der Waals surface area (Å²) in [6.07, 6.45) is 3.85. The summed E-state index contributed by atoms with van der Waals surface area (Å²) >= 11 is 0. The van der Waals surface area contributed by atoms with Crippen molar-refractivity contribution in [3.8, 4) is 0 Å². The maximum Gasteiger partial charge on any atom is 0.345 e. The van der Waals surface area contributed by atoms with Crippen molar-refractivity contribution in [3.05, 3.63) is 46.1 Å². The molecule has 0 saturated heterocycles. The lowest BCUT2D eigenvalue weighted by molar-refractivity contribution is 0.510. The van der Waals surface area contributed by atoms with Crippen molar-refractivity contribution in [1.82, 2.24) is 14.3 Å². The Balaban J connectivity index is 1.79. The van der Waals surface area contributed by atoms with Crippen LogP contribution >= 0.6 is 0 Å². The second kappa shape index (κ2) is 4.91. The summed E-state index contributed by atoms with van der Waals surface area (Å²) in [5.41, 5.74) is 7.77. The maximum atomic E-state index is 12.2. The van der Waals surface area contributed by atoms with Crippen molar-refractivity contribution in [1.29, 1.82) is 0 Å². The molecule has 0 bridgehead atoms. The zero-order chi connectivity index (χ0) is 13.2. The number of nitrogen functional groups attached to an aromatic ring is 1. The van der Waals surface area contributed by atoms with Gasteiger partial charge in [-0.3, -0.25) is 4.57 Å². The molecule has 2 N–H and O–H groups in total. The van der Waals surface area contributed by atoms with Gasteiger partial charge in [-0.1, -0.05) is 18.2 Å². The molecule has 2 heterocycles. The molecule has 2 aromatic rings. The fourth-order valence-corrected chi connectivity index (χ4v) is 2.58. The average Bonchev–Trinajstić information content (AvgIpc) is 2.75. The lowest BCUT2D eigenvalue weighted by atomic mass is 10.1. The molecule has 3 rings (SSSR count). The van der Waals surface area contributed by atoms with Gasteiger partial charge >= 0.3 is 5.69 Å². The highest BCUT2D eigenvalue weighted by Gasteiger charge is 2.16. The average molecular weight is 258 g/mol. The fourth-order valence-electron chi connectivity index (χ4n) is 2.58. The molecule has 5 heteroatoms. The summed E-state index contributed by atoms with van der Waals surface area (Å²) in [6, 6.07) is 7.76. The lowest BCUT2D eigenvalue weighted by Crippen LogP contribution is -2.27. The predicted octanol–water partition coefficient (Wildman–Crippen LogP) is 1.21. The molecule has 0 radical (unpaired) electrons. The molecule has 0 atom stereocenters. The van der Waals surface area contributed by atoms with Gasteiger partial charge in [0, 0.05) is 18.7 Å². The van der Waals surface area contributed by atoms with Crippen molar-refractivity contribution in [3.63, 3.8) is 0 Å². The first-order chi connectivity index (χ1) is 9.25. The summed E-state index contributed by atoms with van der Waals surface area (Å²) in [6.45, 7) is 1.40. The first kappa shape index (κ1) is 12.0. The van der Waals surface area contributed by atoms with Gasteiger partial charge in [0.1, 0.15) is 5.82 Å². The SMILES string of the molecule is Nc1ccccc1CCn1nc2n(c1=O)CCCC2. The zero-order valence-corrected chi connectivity index (χ0v) is 10.9. The third-order valence-electron chi connectivity index (χ3n) is 3.68. The van der Waals surface area contributed by atoms with Crippen LogP contribution in [0.4, 0.5) is 5.69 Å². The van der Waals surface area contributed by atoms with Gasteiger partial charge in [-0.15, -0.1) is 0 Å². The van der Waals surface area contributed by atoms with Gasteiger partial charge in [-0.05, 0) is 30.9 Å². The molecule has 0 fully saturated rings. The number of hydrogen-bond acceptors (Lipinski definition) is 3. The Bertz CT molecular complexity index is 641. The Morgan fingerprint density at radius 2 is 2.11 bits per heavy atom. The van der Waals surface area contributed by atoms with Gasteiger partial charge in [0.15, 0.2) is 0 Å². The van der Waals surface area contributed by atoms with Crippen molar-refractivity contribution >= 4 is 5.69 Å². The van der Waals surface area contributed by atoms with E-state index >= 15 is 0 Å². The molecule has 1 aromatic heterocycles. The van der Waals surface area contributed by atoms with Gasteiger partial charge in [0.2, 0.25) is 0 Å². The summed E-state index contributed by atoms with van der Waals surface area (Å²) in [5, 5.41) is 4.42. The molecule has 1 aliphatic rings. The number of fused-ring (bicyclic) bond motifs is 1. The van der Waals surface area contributed by atoms with E-state index in [-0.39, 0.29) is 5.69 Å². The monoisotopic (exact) mass is 258 g/mol. The molecule has 0 amide bonds. The fraction of sp³-hybridized carbons (Fsp3) is 0.429. The summed E-state index contributed by atoms with van der Waals surface area (Å²) < 4.78 is 3.38. The van der Waals surface area contributed by atoms with Crippen LogP contribution in [0.1, 0.15) is 24.2 Å². The van der Waals surface area contributed by atoms with Crippen molar-refractivity contribution < 1.29 is 0 Å². The minimum absolute atomic E-state index is 0.0178. The number of para-hydroxylation sites is 1.